The van der Waals surface area contributed by atoms with E-state index in [1.54, 1.807) is 19.4 Å². The van der Waals surface area contributed by atoms with E-state index in [2.05, 4.69) is 4.98 Å². The number of aliphatic hydroxyl groups excluding tert-OH is 1. The second-order valence-electron chi connectivity index (χ2n) is 4.03. The van der Waals surface area contributed by atoms with Crippen LogP contribution in [0.5, 0.6) is 5.75 Å². The Morgan fingerprint density at radius 2 is 2.06 bits per heavy atom. The van der Waals surface area contributed by atoms with Gasteiger partial charge >= 0.3 is 0 Å². The van der Waals surface area contributed by atoms with Crippen LogP contribution < -0.4 is 4.74 Å². The van der Waals surface area contributed by atoms with Gasteiger partial charge in [-0.3, -0.25) is 0 Å². The van der Waals surface area contributed by atoms with E-state index in [4.69, 9.17) is 4.74 Å². The number of benzene rings is 1. The maximum Gasteiger partial charge on any atom is 0.130 e. The van der Waals surface area contributed by atoms with E-state index < -0.39 is 6.10 Å². The minimum Gasteiger partial charge on any atom is -0.487 e. The van der Waals surface area contributed by atoms with Crippen LogP contribution in [0.2, 0.25) is 0 Å². The number of aliphatic hydroxyl groups is 1. The molecular formula is C13H16N2O2. The summed E-state index contributed by atoms with van der Waals surface area (Å²) in [4.78, 5) is 4.02. The van der Waals surface area contributed by atoms with Crippen LogP contribution in [-0.4, -0.2) is 14.7 Å². The summed E-state index contributed by atoms with van der Waals surface area (Å²) in [5, 5.41) is 9.38. The van der Waals surface area contributed by atoms with Gasteiger partial charge < -0.3 is 14.4 Å². The van der Waals surface area contributed by atoms with Gasteiger partial charge in [0.2, 0.25) is 0 Å². The second-order valence-corrected chi connectivity index (χ2v) is 4.03. The van der Waals surface area contributed by atoms with Crippen LogP contribution in [0.25, 0.3) is 0 Å². The van der Waals surface area contributed by atoms with Crippen molar-refractivity contribution in [1.29, 1.82) is 0 Å². The van der Waals surface area contributed by atoms with Crippen LogP contribution in [0.15, 0.2) is 36.8 Å². The third-order valence-electron chi connectivity index (χ3n) is 2.67. The molecule has 2 rings (SSSR count). The molecule has 4 heteroatoms. The molecule has 1 atom stereocenters. The maximum absolute atomic E-state index is 9.38. The van der Waals surface area contributed by atoms with Crippen LogP contribution in [-0.2, 0) is 13.7 Å². The van der Waals surface area contributed by atoms with Crippen LogP contribution in [0.4, 0.5) is 0 Å². The van der Waals surface area contributed by atoms with Gasteiger partial charge in [0.25, 0.3) is 0 Å². The Morgan fingerprint density at radius 3 is 2.59 bits per heavy atom. The standard InChI is InChI=1S/C13H16N2O2/c1-10(16)11-3-5-13(6-4-11)17-8-12-7-14-9-15(12)2/h3-7,9-10,16H,8H2,1-2H3. The number of nitrogens with zero attached hydrogens (tertiary/aromatic N) is 2. The van der Waals surface area contributed by atoms with Crippen molar-refractivity contribution in [2.24, 2.45) is 7.05 Å². The van der Waals surface area contributed by atoms with E-state index in [0.29, 0.717) is 6.61 Å². The highest BCUT2D eigenvalue weighted by molar-refractivity contribution is 5.28. The third-order valence-corrected chi connectivity index (χ3v) is 2.67. The molecule has 0 aliphatic rings. The van der Waals surface area contributed by atoms with E-state index in [-0.39, 0.29) is 0 Å². The molecule has 17 heavy (non-hydrogen) atoms. The molecule has 4 nitrogen and oxygen atoms in total. The van der Waals surface area contributed by atoms with Crippen molar-refractivity contribution in [3.05, 3.63) is 48.0 Å². The summed E-state index contributed by atoms with van der Waals surface area (Å²) < 4.78 is 7.54. The summed E-state index contributed by atoms with van der Waals surface area (Å²) in [6, 6.07) is 7.45. The summed E-state index contributed by atoms with van der Waals surface area (Å²) in [5.74, 6) is 0.788. The normalized spacial score (nSPS) is 12.4. The van der Waals surface area contributed by atoms with Crippen molar-refractivity contribution in [2.45, 2.75) is 19.6 Å². The number of hydrogen-bond donors (Lipinski definition) is 1. The van der Waals surface area contributed by atoms with E-state index in [9.17, 15) is 5.11 Å². The zero-order valence-corrected chi connectivity index (χ0v) is 10.00. The number of aromatic nitrogens is 2. The maximum atomic E-state index is 9.38. The van der Waals surface area contributed by atoms with E-state index >= 15 is 0 Å². The predicted octanol–water partition coefficient (Wildman–Crippen LogP) is 2.05. The van der Waals surface area contributed by atoms with E-state index in [1.807, 2.05) is 35.9 Å². The topological polar surface area (TPSA) is 47.3 Å². The molecule has 0 bridgehead atoms. The second kappa shape index (κ2) is 5.01. The molecule has 0 aliphatic carbocycles. The molecule has 0 saturated heterocycles. The van der Waals surface area contributed by atoms with Gasteiger partial charge in [-0.2, -0.15) is 0 Å². The van der Waals surface area contributed by atoms with Crippen LogP contribution >= 0.6 is 0 Å². The lowest BCUT2D eigenvalue weighted by molar-refractivity contribution is 0.199. The van der Waals surface area contributed by atoms with Crippen LogP contribution in [0, 0.1) is 0 Å². The average molecular weight is 232 g/mol. The number of imidazole rings is 1. The Balaban J connectivity index is 1.98. The fourth-order valence-corrected chi connectivity index (χ4v) is 1.52. The number of aryl methyl sites for hydroxylation is 1. The van der Waals surface area contributed by atoms with Gasteiger partial charge in [-0.1, -0.05) is 12.1 Å². The summed E-state index contributed by atoms with van der Waals surface area (Å²) in [7, 11) is 1.93. The Kier molecular flexibility index (Phi) is 3.44. The first-order chi connectivity index (χ1) is 8.16. The smallest absolute Gasteiger partial charge is 0.130 e. The van der Waals surface area contributed by atoms with Crippen molar-refractivity contribution < 1.29 is 9.84 Å². The molecule has 1 N–H and O–H groups in total. The summed E-state index contributed by atoms with van der Waals surface area (Å²) in [6.45, 7) is 2.23. The third kappa shape index (κ3) is 2.85. The Hall–Kier alpha value is -1.81. The first-order valence-corrected chi connectivity index (χ1v) is 5.53. The lowest BCUT2D eigenvalue weighted by atomic mass is 10.1. The highest BCUT2D eigenvalue weighted by Crippen LogP contribution is 2.18. The van der Waals surface area contributed by atoms with Crippen molar-refractivity contribution in [3.63, 3.8) is 0 Å². The monoisotopic (exact) mass is 232 g/mol. The largest absolute Gasteiger partial charge is 0.487 e. The van der Waals surface area contributed by atoms with Gasteiger partial charge in [0.15, 0.2) is 0 Å². The Bertz CT molecular complexity index is 474. The first kappa shape index (κ1) is 11.7. The average Bonchev–Trinajstić information content (AvgIpc) is 2.73. The molecule has 1 aromatic heterocycles. The summed E-state index contributed by atoms with van der Waals surface area (Å²) in [5.41, 5.74) is 1.91. The van der Waals surface area contributed by atoms with Gasteiger partial charge in [0.1, 0.15) is 12.4 Å². The Morgan fingerprint density at radius 1 is 1.35 bits per heavy atom. The summed E-state index contributed by atoms with van der Waals surface area (Å²) in [6.07, 6.45) is 3.08. The molecule has 0 spiro atoms. The van der Waals surface area contributed by atoms with Gasteiger partial charge in [-0.15, -0.1) is 0 Å². The molecule has 90 valence electrons. The van der Waals surface area contributed by atoms with Crippen LogP contribution in [0.1, 0.15) is 24.3 Å². The molecule has 2 aromatic rings. The predicted molar refractivity (Wildman–Crippen MR) is 64.6 cm³/mol. The fraction of sp³-hybridized carbons (Fsp3) is 0.308. The van der Waals surface area contributed by atoms with Gasteiger partial charge in [0.05, 0.1) is 24.3 Å². The molecule has 0 amide bonds. The highest BCUT2D eigenvalue weighted by Gasteiger charge is 2.02. The van der Waals surface area contributed by atoms with Gasteiger partial charge in [-0.25, -0.2) is 4.98 Å². The van der Waals surface area contributed by atoms with E-state index in [0.717, 1.165) is 17.0 Å². The molecule has 0 radical (unpaired) electrons. The zero-order chi connectivity index (χ0) is 12.3. The van der Waals surface area contributed by atoms with Crippen molar-refractivity contribution in [1.82, 2.24) is 9.55 Å². The molecule has 0 aliphatic heterocycles. The molecule has 1 aromatic carbocycles. The lowest BCUT2D eigenvalue weighted by Crippen LogP contribution is -2.01. The molecule has 0 saturated carbocycles. The number of ether oxygens (including phenoxy) is 1. The first-order valence-electron chi connectivity index (χ1n) is 5.53. The van der Waals surface area contributed by atoms with Crippen molar-refractivity contribution >= 4 is 0 Å². The molecule has 0 fully saturated rings. The van der Waals surface area contributed by atoms with Gasteiger partial charge in [-0.05, 0) is 24.6 Å². The summed E-state index contributed by atoms with van der Waals surface area (Å²) >= 11 is 0. The van der Waals surface area contributed by atoms with E-state index in [1.165, 1.54) is 0 Å². The lowest BCUT2D eigenvalue weighted by Gasteiger charge is -2.08. The molecular weight excluding hydrogens is 216 g/mol. The molecule has 1 unspecified atom stereocenters. The fourth-order valence-electron chi connectivity index (χ4n) is 1.52. The zero-order valence-electron chi connectivity index (χ0n) is 10.00. The van der Waals surface area contributed by atoms with Crippen molar-refractivity contribution in [2.75, 3.05) is 0 Å². The minimum atomic E-state index is -0.443. The quantitative estimate of drug-likeness (QED) is 0.877. The Labute approximate surface area is 100 Å². The minimum absolute atomic E-state index is 0.443. The van der Waals surface area contributed by atoms with Crippen LogP contribution in [0.3, 0.4) is 0 Å². The highest BCUT2D eigenvalue weighted by atomic mass is 16.5. The number of hydrogen-bond acceptors (Lipinski definition) is 3. The SMILES string of the molecule is CC(O)c1ccc(OCc2cncn2C)cc1. The van der Waals surface area contributed by atoms with Gasteiger partial charge in [0, 0.05) is 7.05 Å². The number of rotatable bonds is 4. The van der Waals surface area contributed by atoms with Crippen molar-refractivity contribution in [3.8, 4) is 5.75 Å². The molecule has 1 heterocycles.